The predicted molar refractivity (Wildman–Crippen MR) is 87.9 cm³/mol. The fraction of sp³-hybridized carbons (Fsp3) is 1.00. The molecule has 0 heterocycles. The second-order valence-corrected chi connectivity index (χ2v) is 15.1. The topological polar surface area (TPSA) is 27.7 Å². The average molecular weight is 307 g/mol. The van der Waals surface area contributed by atoms with Crippen LogP contribution >= 0.6 is 0 Å². The van der Waals surface area contributed by atoms with Gasteiger partial charge in [-0.1, -0.05) is 0 Å². The fourth-order valence-corrected chi connectivity index (χ4v) is 11.1. The normalized spacial score (nSPS) is 12.9. The number of hydrogen-bond donors (Lipinski definition) is 0. The van der Waals surface area contributed by atoms with Gasteiger partial charge in [-0.3, -0.25) is 0 Å². The summed E-state index contributed by atoms with van der Waals surface area (Å²) in [5, 5.41) is 0. The van der Waals surface area contributed by atoms with E-state index in [1.54, 1.807) is 0 Å². The maximum Gasteiger partial charge on any atom is 0.173 e. The van der Waals surface area contributed by atoms with Crippen molar-refractivity contribution in [3.63, 3.8) is 0 Å². The number of rotatable bonds is 12. The number of hydrogen-bond acceptors (Lipinski definition) is 3. The summed E-state index contributed by atoms with van der Waals surface area (Å²) in [5.41, 5.74) is 0. The standard InChI is InChI=1S/C14H34O3Si2/c1-7-15-11-9-13-18(3,4)17-19(5,6)14-10-12-16-8-2/h7-14H2,1-6H3. The average Bonchev–Trinajstić information content (AvgIpc) is 2.29. The molecule has 0 aliphatic rings. The Hall–Kier alpha value is 0.314. The van der Waals surface area contributed by atoms with Gasteiger partial charge in [-0.2, -0.15) is 0 Å². The molecule has 0 unspecified atom stereocenters. The molecule has 0 atom stereocenters. The molecule has 0 rings (SSSR count). The molecular formula is C14H34O3Si2. The van der Waals surface area contributed by atoms with Crippen molar-refractivity contribution < 1.29 is 13.6 Å². The van der Waals surface area contributed by atoms with Gasteiger partial charge in [0.25, 0.3) is 0 Å². The lowest BCUT2D eigenvalue weighted by Crippen LogP contribution is -2.44. The first-order valence-electron chi connectivity index (χ1n) is 7.68. The first-order chi connectivity index (χ1) is 8.83. The molecule has 0 amide bonds. The van der Waals surface area contributed by atoms with Gasteiger partial charge in [-0.15, -0.1) is 0 Å². The molecule has 19 heavy (non-hydrogen) atoms. The molecule has 0 aromatic rings. The third kappa shape index (κ3) is 11.8. The molecule has 0 saturated heterocycles. The van der Waals surface area contributed by atoms with Crippen LogP contribution in [0.15, 0.2) is 0 Å². The van der Waals surface area contributed by atoms with Crippen molar-refractivity contribution in [2.24, 2.45) is 0 Å². The maximum atomic E-state index is 6.55. The third-order valence-corrected chi connectivity index (χ3v) is 10.6. The van der Waals surface area contributed by atoms with Crippen LogP contribution < -0.4 is 0 Å². The zero-order valence-electron chi connectivity index (χ0n) is 13.9. The van der Waals surface area contributed by atoms with Gasteiger partial charge in [-0.25, -0.2) is 0 Å². The molecule has 0 aliphatic carbocycles. The van der Waals surface area contributed by atoms with E-state index in [1.807, 2.05) is 13.8 Å². The number of ether oxygens (including phenoxy) is 2. The van der Waals surface area contributed by atoms with E-state index in [0.717, 1.165) is 39.3 Å². The van der Waals surface area contributed by atoms with Gasteiger partial charge in [0.1, 0.15) is 0 Å². The zero-order chi connectivity index (χ0) is 14.8. The van der Waals surface area contributed by atoms with Crippen LogP contribution in [0.5, 0.6) is 0 Å². The highest BCUT2D eigenvalue weighted by atomic mass is 28.4. The fourth-order valence-electron chi connectivity index (χ4n) is 2.34. The van der Waals surface area contributed by atoms with Gasteiger partial charge in [0.2, 0.25) is 0 Å². The van der Waals surface area contributed by atoms with Crippen molar-refractivity contribution in [2.75, 3.05) is 26.4 Å². The second kappa shape index (κ2) is 10.1. The summed E-state index contributed by atoms with van der Waals surface area (Å²) in [5.74, 6) is 0. The second-order valence-electron chi connectivity index (χ2n) is 6.22. The highest BCUT2D eigenvalue weighted by Gasteiger charge is 2.32. The maximum absolute atomic E-state index is 6.55. The molecule has 5 heteroatoms. The smallest absolute Gasteiger partial charge is 0.173 e. The lowest BCUT2D eigenvalue weighted by atomic mass is 10.5. The van der Waals surface area contributed by atoms with Gasteiger partial charge in [0.15, 0.2) is 16.6 Å². The molecule has 0 bridgehead atoms. The van der Waals surface area contributed by atoms with E-state index < -0.39 is 16.6 Å². The van der Waals surface area contributed by atoms with Crippen molar-refractivity contribution >= 4 is 16.6 Å². The monoisotopic (exact) mass is 306 g/mol. The van der Waals surface area contributed by atoms with Gasteiger partial charge in [0.05, 0.1) is 0 Å². The molecule has 0 aromatic carbocycles. The Balaban J connectivity index is 3.93. The van der Waals surface area contributed by atoms with Crippen molar-refractivity contribution in [3.05, 3.63) is 0 Å². The minimum absolute atomic E-state index is 0.820. The highest BCUT2D eigenvalue weighted by molar-refractivity contribution is 6.84. The summed E-state index contributed by atoms with van der Waals surface area (Å²) >= 11 is 0. The summed E-state index contributed by atoms with van der Waals surface area (Å²) < 4.78 is 17.4. The van der Waals surface area contributed by atoms with E-state index in [1.165, 1.54) is 12.1 Å². The van der Waals surface area contributed by atoms with E-state index in [2.05, 4.69) is 26.2 Å². The SMILES string of the molecule is CCOCCC[Si](C)(C)O[Si](C)(C)CCCOCC. The van der Waals surface area contributed by atoms with Gasteiger partial charge < -0.3 is 13.6 Å². The molecule has 3 nitrogen and oxygen atoms in total. The third-order valence-electron chi connectivity index (χ3n) is 3.10. The summed E-state index contributed by atoms with van der Waals surface area (Å²) in [4.78, 5) is 0. The van der Waals surface area contributed by atoms with Crippen LogP contribution in [-0.2, 0) is 13.6 Å². The Morgan fingerprint density at radius 2 is 1.05 bits per heavy atom. The van der Waals surface area contributed by atoms with Gasteiger partial charge in [-0.05, 0) is 65.0 Å². The quantitative estimate of drug-likeness (QED) is 0.398. The minimum atomic E-state index is -1.52. The van der Waals surface area contributed by atoms with E-state index >= 15 is 0 Å². The Kier molecular flexibility index (Phi) is 10.3. The molecule has 0 fully saturated rings. The molecule has 0 aromatic heterocycles. The van der Waals surface area contributed by atoms with Crippen molar-refractivity contribution in [2.45, 2.75) is 65.0 Å². The van der Waals surface area contributed by atoms with Crippen molar-refractivity contribution in [3.8, 4) is 0 Å². The van der Waals surface area contributed by atoms with Crippen LogP contribution in [0.1, 0.15) is 26.7 Å². The Morgan fingerprint density at radius 3 is 1.37 bits per heavy atom. The van der Waals surface area contributed by atoms with Crippen LogP contribution in [-0.4, -0.2) is 43.1 Å². The molecule has 0 aliphatic heterocycles. The first kappa shape index (κ1) is 19.3. The predicted octanol–water partition coefficient (Wildman–Crippen LogP) is 4.27. The van der Waals surface area contributed by atoms with E-state index in [-0.39, 0.29) is 0 Å². The lowest BCUT2D eigenvalue weighted by molar-refractivity contribution is 0.147. The van der Waals surface area contributed by atoms with E-state index in [4.69, 9.17) is 13.6 Å². The Labute approximate surface area is 122 Å². The molecule has 0 spiro atoms. The van der Waals surface area contributed by atoms with Gasteiger partial charge >= 0.3 is 0 Å². The highest BCUT2D eigenvalue weighted by Crippen LogP contribution is 2.23. The van der Waals surface area contributed by atoms with Crippen LogP contribution in [0.25, 0.3) is 0 Å². The van der Waals surface area contributed by atoms with Crippen LogP contribution in [0.2, 0.25) is 38.3 Å². The van der Waals surface area contributed by atoms with Crippen molar-refractivity contribution in [1.82, 2.24) is 0 Å². The summed E-state index contributed by atoms with van der Waals surface area (Å²) in [6.45, 7) is 16.9. The summed E-state index contributed by atoms with van der Waals surface area (Å²) in [6, 6.07) is 2.41. The van der Waals surface area contributed by atoms with Gasteiger partial charge in [0, 0.05) is 26.4 Å². The van der Waals surface area contributed by atoms with Crippen LogP contribution in [0, 0.1) is 0 Å². The molecule has 0 radical (unpaired) electrons. The van der Waals surface area contributed by atoms with Crippen LogP contribution in [0.4, 0.5) is 0 Å². The molecular weight excluding hydrogens is 272 g/mol. The summed E-state index contributed by atoms with van der Waals surface area (Å²) in [7, 11) is -3.03. The van der Waals surface area contributed by atoms with Crippen molar-refractivity contribution in [1.29, 1.82) is 0 Å². The van der Waals surface area contributed by atoms with E-state index in [9.17, 15) is 0 Å². The Bertz CT molecular complexity index is 199. The van der Waals surface area contributed by atoms with E-state index in [0.29, 0.717) is 0 Å². The van der Waals surface area contributed by atoms with Crippen LogP contribution in [0.3, 0.4) is 0 Å². The summed E-state index contributed by atoms with van der Waals surface area (Å²) in [6.07, 6.45) is 2.27. The Morgan fingerprint density at radius 1 is 0.684 bits per heavy atom. The molecule has 0 N–H and O–H groups in total. The first-order valence-corrected chi connectivity index (χ1v) is 13.9. The zero-order valence-corrected chi connectivity index (χ0v) is 15.9. The minimum Gasteiger partial charge on any atom is -0.455 e. The molecule has 116 valence electrons. The molecule has 0 saturated carbocycles. The lowest BCUT2D eigenvalue weighted by Gasteiger charge is -2.34. The largest absolute Gasteiger partial charge is 0.455 e.